The van der Waals surface area contributed by atoms with Gasteiger partial charge in [-0.15, -0.1) is 0 Å². The summed E-state index contributed by atoms with van der Waals surface area (Å²) >= 11 is 3.54. The van der Waals surface area contributed by atoms with E-state index in [2.05, 4.69) is 47.1 Å². The zero-order chi connectivity index (χ0) is 10.4. The molecule has 0 aliphatic carbocycles. The van der Waals surface area contributed by atoms with Crippen LogP contribution in [0.25, 0.3) is 0 Å². The third kappa shape index (κ3) is 3.64. The molecule has 0 saturated heterocycles. The number of benzene rings is 1. The van der Waals surface area contributed by atoms with Crippen LogP contribution in [0, 0.1) is 0 Å². The van der Waals surface area contributed by atoms with E-state index in [1.54, 1.807) is 0 Å². The molecule has 1 nitrogen and oxygen atoms in total. The lowest BCUT2D eigenvalue weighted by Crippen LogP contribution is -1.97. The van der Waals surface area contributed by atoms with Crippen molar-refractivity contribution in [2.75, 3.05) is 6.54 Å². The minimum atomic E-state index is 0.729. The monoisotopic (exact) mass is 253 g/mol. The van der Waals surface area contributed by atoms with E-state index in [0.717, 1.165) is 19.4 Å². The van der Waals surface area contributed by atoms with Crippen LogP contribution in [0.4, 0.5) is 0 Å². The van der Waals surface area contributed by atoms with Crippen molar-refractivity contribution < 1.29 is 0 Å². The van der Waals surface area contributed by atoms with Crippen LogP contribution in [0.3, 0.4) is 0 Å². The Kier molecular flexibility index (Phi) is 4.91. The van der Waals surface area contributed by atoms with Gasteiger partial charge in [-0.25, -0.2) is 0 Å². The summed E-state index contributed by atoms with van der Waals surface area (Å²) in [5.41, 5.74) is 8.16. The average molecular weight is 254 g/mol. The number of rotatable bonds is 4. The van der Waals surface area contributed by atoms with Gasteiger partial charge in [0.25, 0.3) is 0 Å². The van der Waals surface area contributed by atoms with E-state index >= 15 is 0 Å². The van der Waals surface area contributed by atoms with Gasteiger partial charge in [0.2, 0.25) is 0 Å². The summed E-state index contributed by atoms with van der Waals surface area (Å²) < 4.78 is 1.18. The Bertz CT molecular complexity index is 318. The molecule has 0 spiro atoms. The summed E-state index contributed by atoms with van der Waals surface area (Å²) in [6.45, 7) is 2.88. The maximum absolute atomic E-state index is 5.45. The number of nitrogens with two attached hydrogens (primary N) is 1. The molecule has 1 rings (SSSR count). The highest BCUT2D eigenvalue weighted by atomic mass is 79.9. The summed E-state index contributed by atoms with van der Waals surface area (Å²) in [6.07, 6.45) is 4.18. The van der Waals surface area contributed by atoms with Gasteiger partial charge in [-0.1, -0.05) is 45.8 Å². The third-order valence-electron chi connectivity index (χ3n) is 2.09. The summed E-state index contributed by atoms with van der Waals surface area (Å²) in [4.78, 5) is 0. The van der Waals surface area contributed by atoms with E-state index in [-0.39, 0.29) is 0 Å². The molecule has 0 heterocycles. The highest BCUT2D eigenvalue weighted by Gasteiger charge is 1.98. The Labute approximate surface area is 94.1 Å². The third-order valence-corrected chi connectivity index (χ3v) is 2.86. The lowest BCUT2D eigenvalue weighted by Gasteiger charge is -2.04. The molecule has 14 heavy (non-hydrogen) atoms. The second-order valence-corrected chi connectivity index (χ2v) is 4.25. The molecule has 0 bridgehead atoms. The fourth-order valence-electron chi connectivity index (χ4n) is 1.34. The fraction of sp³-hybridized carbons (Fsp3) is 0.333. The van der Waals surface area contributed by atoms with Gasteiger partial charge in [0, 0.05) is 4.47 Å². The second kappa shape index (κ2) is 5.99. The maximum atomic E-state index is 5.45. The highest BCUT2D eigenvalue weighted by molar-refractivity contribution is 9.10. The minimum absolute atomic E-state index is 0.729. The predicted molar refractivity (Wildman–Crippen MR) is 65.3 cm³/mol. The van der Waals surface area contributed by atoms with Crippen LogP contribution in [0.2, 0.25) is 0 Å². The Balaban J connectivity index is 2.64. The molecule has 1 aromatic rings. The first kappa shape index (κ1) is 11.5. The molecule has 2 heteroatoms. The molecule has 0 fully saturated rings. The molecule has 0 amide bonds. The first-order valence-electron chi connectivity index (χ1n) is 4.83. The van der Waals surface area contributed by atoms with Crippen LogP contribution in [0.5, 0.6) is 0 Å². The molecule has 0 saturated carbocycles. The van der Waals surface area contributed by atoms with E-state index in [1.165, 1.54) is 15.6 Å². The van der Waals surface area contributed by atoms with Crippen molar-refractivity contribution >= 4 is 15.9 Å². The Morgan fingerprint density at radius 1 is 1.43 bits per heavy atom. The largest absolute Gasteiger partial charge is 0.330 e. The smallest absolute Gasteiger partial charge is 0.0210 e. The first-order chi connectivity index (χ1) is 6.74. The molecule has 0 aliphatic heterocycles. The standard InChI is InChI=1S/C12H16BrN/c1-10(5-4-8-14)9-11-6-2-3-7-12(11)13/h2-3,5-7H,4,8-9,14H2,1H3. The average Bonchev–Trinajstić information content (AvgIpc) is 2.18. The predicted octanol–water partition coefficient (Wildman–Crippen LogP) is 3.29. The zero-order valence-corrected chi connectivity index (χ0v) is 10.0. The van der Waals surface area contributed by atoms with Crippen LogP contribution in [0.1, 0.15) is 18.9 Å². The summed E-state index contributed by atoms with van der Waals surface area (Å²) in [7, 11) is 0. The molecule has 0 radical (unpaired) electrons. The SMILES string of the molecule is CC(=CCCN)Cc1ccccc1Br. The highest BCUT2D eigenvalue weighted by Crippen LogP contribution is 2.19. The minimum Gasteiger partial charge on any atom is -0.330 e. The molecular formula is C12H16BrN. The summed E-state index contributed by atoms with van der Waals surface area (Å²) in [5, 5.41) is 0. The van der Waals surface area contributed by atoms with Gasteiger partial charge in [-0.05, 0) is 37.9 Å². The fourth-order valence-corrected chi connectivity index (χ4v) is 1.77. The van der Waals surface area contributed by atoms with Gasteiger partial charge < -0.3 is 5.73 Å². The Morgan fingerprint density at radius 3 is 2.79 bits per heavy atom. The van der Waals surface area contributed by atoms with Crippen LogP contribution in [0.15, 0.2) is 40.4 Å². The van der Waals surface area contributed by atoms with Gasteiger partial charge in [0.05, 0.1) is 0 Å². The summed E-state index contributed by atoms with van der Waals surface area (Å²) in [5.74, 6) is 0. The Hall–Kier alpha value is -0.600. The van der Waals surface area contributed by atoms with E-state index in [1.807, 2.05) is 6.07 Å². The van der Waals surface area contributed by atoms with Crippen LogP contribution in [-0.2, 0) is 6.42 Å². The lowest BCUT2D eigenvalue weighted by atomic mass is 10.1. The normalized spacial score (nSPS) is 11.8. The van der Waals surface area contributed by atoms with Gasteiger partial charge in [0.1, 0.15) is 0 Å². The number of halogens is 1. The number of hydrogen-bond donors (Lipinski definition) is 1. The van der Waals surface area contributed by atoms with Crippen LogP contribution >= 0.6 is 15.9 Å². The van der Waals surface area contributed by atoms with Crippen molar-refractivity contribution in [3.05, 3.63) is 46.0 Å². The molecule has 0 atom stereocenters. The maximum Gasteiger partial charge on any atom is 0.0210 e. The van der Waals surface area contributed by atoms with Gasteiger partial charge in [-0.3, -0.25) is 0 Å². The van der Waals surface area contributed by atoms with E-state index < -0.39 is 0 Å². The molecule has 0 aromatic heterocycles. The van der Waals surface area contributed by atoms with Crippen LogP contribution in [-0.4, -0.2) is 6.54 Å². The Morgan fingerprint density at radius 2 is 2.14 bits per heavy atom. The topological polar surface area (TPSA) is 26.0 Å². The molecule has 76 valence electrons. The van der Waals surface area contributed by atoms with Crippen LogP contribution < -0.4 is 5.73 Å². The van der Waals surface area contributed by atoms with Crippen molar-refractivity contribution in [3.8, 4) is 0 Å². The number of hydrogen-bond acceptors (Lipinski definition) is 1. The van der Waals surface area contributed by atoms with Crippen molar-refractivity contribution in [2.24, 2.45) is 5.73 Å². The van der Waals surface area contributed by atoms with Crippen molar-refractivity contribution in [3.63, 3.8) is 0 Å². The summed E-state index contributed by atoms with van der Waals surface area (Å²) in [6, 6.07) is 8.32. The quantitative estimate of drug-likeness (QED) is 0.820. The van der Waals surface area contributed by atoms with E-state index in [0.29, 0.717) is 0 Å². The zero-order valence-electron chi connectivity index (χ0n) is 8.46. The van der Waals surface area contributed by atoms with Gasteiger partial charge in [0.15, 0.2) is 0 Å². The molecule has 2 N–H and O–H groups in total. The van der Waals surface area contributed by atoms with E-state index in [4.69, 9.17) is 5.73 Å². The van der Waals surface area contributed by atoms with Crippen molar-refractivity contribution in [1.29, 1.82) is 0 Å². The van der Waals surface area contributed by atoms with E-state index in [9.17, 15) is 0 Å². The first-order valence-corrected chi connectivity index (χ1v) is 5.62. The molecule has 0 aliphatic rings. The lowest BCUT2D eigenvalue weighted by molar-refractivity contribution is 0.980. The molecular weight excluding hydrogens is 238 g/mol. The molecule has 0 unspecified atom stereocenters. The molecule has 1 aromatic carbocycles. The van der Waals surface area contributed by atoms with Gasteiger partial charge >= 0.3 is 0 Å². The van der Waals surface area contributed by atoms with Crippen molar-refractivity contribution in [2.45, 2.75) is 19.8 Å². The van der Waals surface area contributed by atoms with Gasteiger partial charge in [-0.2, -0.15) is 0 Å². The van der Waals surface area contributed by atoms with Crippen molar-refractivity contribution in [1.82, 2.24) is 0 Å². The number of allylic oxidation sites excluding steroid dienone is 1. The second-order valence-electron chi connectivity index (χ2n) is 3.40.